The molecule has 0 aliphatic rings. The van der Waals surface area contributed by atoms with Gasteiger partial charge in [0, 0.05) is 11.6 Å². The summed E-state index contributed by atoms with van der Waals surface area (Å²) >= 11 is 0. The van der Waals surface area contributed by atoms with Crippen LogP contribution in [0.4, 0.5) is 0 Å². The van der Waals surface area contributed by atoms with Crippen molar-refractivity contribution in [3.63, 3.8) is 0 Å². The lowest BCUT2D eigenvalue weighted by Gasteiger charge is -2.24. The van der Waals surface area contributed by atoms with Crippen LogP contribution >= 0.6 is 0 Å². The van der Waals surface area contributed by atoms with Crippen LogP contribution in [0.1, 0.15) is 56.2 Å². The number of hydrogen-bond donors (Lipinski definition) is 0. The number of aromatic nitrogens is 3. The highest BCUT2D eigenvalue weighted by Crippen LogP contribution is 2.43. The quantitative estimate of drug-likeness (QED) is 0.188. The van der Waals surface area contributed by atoms with Gasteiger partial charge in [-0.15, -0.1) is 0 Å². The number of imidazole rings is 1. The fraction of sp³-hybridized carbons (Fsp3) is 0.163. The Kier molecular flexibility index (Phi) is 7.02. The summed E-state index contributed by atoms with van der Waals surface area (Å²) in [5.74, 6) is 1.42. The highest BCUT2D eigenvalue weighted by atomic mass is 16.3. The van der Waals surface area contributed by atoms with Gasteiger partial charge in [-0.2, -0.15) is 0 Å². The van der Waals surface area contributed by atoms with E-state index in [1.807, 2.05) is 12.3 Å². The van der Waals surface area contributed by atoms with E-state index in [9.17, 15) is 0 Å². The molecule has 230 valence electrons. The number of fused-ring (bicyclic) bond motifs is 4. The molecule has 8 aromatic rings. The van der Waals surface area contributed by atoms with Gasteiger partial charge >= 0.3 is 0 Å². The molecule has 4 nitrogen and oxygen atoms in total. The maximum absolute atomic E-state index is 6.78. The van der Waals surface area contributed by atoms with Crippen molar-refractivity contribution < 1.29 is 4.42 Å². The third kappa shape index (κ3) is 4.83. The van der Waals surface area contributed by atoms with E-state index >= 15 is 0 Å². The number of para-hydroxylation sites is 2. The molecular formula is C43H37N3O. The molecule has 47 heavy (non-hydrogen) atoms. The van der Waals surface area contributed by atoms with E-state index in [2.05, 4.69) is 148 Å². The van der Waals surface area contributed by atoms with Crippen LogP contribution in [0.15, 0.2) is 126 Å². The summed E-state index contributed by atoms with van der Waals surface area (Å²) in [4.78, 5) is 10.2. The normalized spacial score (nSPS) is 11.9. The average Bonchev–Trinajstić information content (AvgIpc) is 3.67. The Hall–Kier alpha value is -5.48. The van der Waals surface area contributed by atoms with Crippen molar-refractivity contribution >= 4 is 33.1 Å². The number of aryl methyl sites for hydroxylation is 1. The monoisotopic (exact) mass is 611 g/mol. The summed E-state index contributed by atoms with van der Waals surface area (Å²) in [6, 6.07) is 40.8. The van der Waals surface area contributed by atoms with Gasteiger partial charge in [-0.05, 0) is 94.1 Å². The van der Waals surface area contributed by atoms with Crippen LogP contribution in [0.25, 0.3) is 72.4 Å². The van der Waals surface area contributed by atoms with Crippen molar-refractivity contribution in [1.82, 2.24) is 14.5 Å². The average molecular weight is 612 g/mol. The topological polar surface area (TPSA) is 43.9 Å². The number of benzene rings is 5. The molecule has 0 bridgehead atoms. The molecule has 0 fully saturated rings. The Labute approximate surface area is 275 Å². The number of rotatable bonds is 6. The SMILES string of the molecule is Cc1cc(-c2ccccc2)cc2oc3c(-c4nc5ccccc5n4-c4c(C(C)C)cc(-c5ccccc5)cc4C(C)C)ccnc3c12. The molecule has 0 radical (unpaired) electrons. The molecule has 0 atom stereocenters. The molecule has 5 aromatic carbocycles. The van der Waals surface area contributed by atoms with Gasteiger partial charge in [0.25, 0.3) is 0 Å². The molecule has 4 heteroatoms. The molecule has 0 aliphatic carbocycles. The second-order valence-electron chi connectivity index (χ2n) is 13.1. The largest absolute Gasteiger partial charge is 0.454 e. The Morgan fingerprint density at radius 2 is 1.23 bits per heavy atom. The standard InChI is InChI=1S/C43H37N3O/c1-26(2)34-23-32(30-16-10-7-11-17-30)24-35(27(3)4)41(34)46-37-19-13-12-18-36(37)45-43(46)33-20-21-44-40-39-28(5)22-31(25-38(39)47-42(33)40)29-14-8-6-9-15-29/h6-27H,1-5H3. The Morgan fingerprint density at radius 3 is 1.87 bits per heavy atom. The van der Waals surface area contributed by atoms with Crippen molar-refractivity contribution in [2.75, 3.05) is 0 Å². The summed E-state index contributed by atoms with van der Waals surface area (Å²) in [6.07, 6.45) is 1.89. The first-order valence-corrected chi connectivity index (χ1v) is 16.5. The van der Waals surface area contributed by atoms with Crippen molar-refractivity contribution in [2.24, 2.45) is 0 Å². The number of furan rings is 1. The van der Waals surface area contributed by atoms with Gasteiger partial charge in [-0.3, -0.25) is 9.55 Å². The van der Waals surface area contributed by atoms with E-state index in [1.54, 1.807) is 0 Å². The fourth-order valence-corrected chi connectivity index (χ4v) is 7.00. The minimum Gasteiger partial charge on any atom is -0.454 e. The minimum atomic E-state index is 0.280. The van der Waals surface area contributed by atoms with Crippen molar-refractivity contribution in [1.29, 1.82) is 0 Å². The second-order valence-corrected chi connectivity index (χ2v) is 13.1. The molecule has 0 spiro atoms. The Balaban J connectivity index is 1.43. The van der Waals surface area contributed by atoms with E-state index in [-0.39, 0.29) is 11.8 Å². The van der Waals surface area contributed by atoms with Crippen LogP contribution < -0.4 is 0 Å². The third-order valence-electron chi connectivity index (χ3n) is 9.31. The van der Waals surface area contributed by atoms with Gasteiger partial charge in [0.15, 0.2) is 5.58 Å². The van der Waals surface area contributed by atoms with Gasteiger partial charge in [-0.1, -0.05) is 107 Å². The molecule has 3 aromatic heterocycles. The van der Waals surface area contributed by atoms with E-state index in [0.717, 1.165) is 61.2 Å². The van der Waals surface area contributed by atoms with Gasteiger partial charge in [-0.25, -0.2) is 4.98 Å². The molecule has 0 N–H and O–H groups in total. The molecule has 8 rings (SSSR count). The minimum absolute atomic E-state index is 0.280. The number of nitrogens with zero attached hydrogens (tertiary/aromatic N) is 3. The van der Waals surface area contributed by atoms with Crippen molar-refractivity contribution in [3.8, 4) is 39.3 Å². The lowest BCUT2D eigenvalue weighted by molar-refractivity contribution is 0.668. The summed E-state index contributed by atoms with van der Waals surface area (Å²) < 4.78 is 9.16. The number of pyridine rings is 1. The van der Waals surface area contributed by atoms with Crippen molar-refractivity contribution in [3.05, 3.63) is 138 Å². The van der Waals surface area contributed by atoms with Crippen LogP contribution in [0, 0.1) is 6.92 Å². The van der Waals surface area contributed by atoms with Crippen LogP contribution in [-0.4, -0.2) is 14.5 Å². The first-order valence-electron chi connectivity index (χ1n) is 16.5. The second kappa shape index (κ2) is 11.4. The summed E-state index contributed by atoms with van der Waals surface area (Å²) in [5, 5.41) is 1.04. The molecule has 0 saturated carbocycles. The smallest absolute Gasteiger partial charge is 0.164 e. The first kappa shape index (κ1) is 29.0. The van der Waals surface area contributed by atoms with Gasteiger partial charge in [0.05, 0.1) is 22.3 Å². The predicted molar refractivity (Wildman–Crippen MR) is 195 cm³/mol. The van der Waals surface area contributed by atoms with Gasteiger partial charge in [0.1, 0.15) is 16.9 Å². The van der Waals surface area contributed by atoms with Crippen LogP contribution in [0.5, 0.6) is 0 Å². The zero-order valence-electron chi connectivity index (χ0n) is 27.5. The summed E-state index contributed by atoms with van der Waals surface area (Å²) in [5.41, 5.74) is 15.1. The zero-order chi connectivity index (χ0) is 32.2. The Bertz CT molecular complexity index is 2380. The third-order valence-corrected chi connectivity index (χ3v) is 9.31. The van der Waals surface area contributed by atoms with Crippen LogP contribution in [-0.2, 0) is 0 Å². The van der Waals surface area contributed by atoms with Gasteiger partial charge < -0.3 is 4.42 Å². The molecule has 0 amide bonds. The van der Waals surface area contributed by atoms with Crippen LogP contribution in [0.2, 0.25) is 0 Å². The lowest BCUT2D eigenvalue weighted by atomic mass is 9.88. The van der Waals surface area contributed by atoms with E-state index in [0.29, 0.717) is 0 Å². The maximum Gasteiger partial charge on any atom is 0.164 e. The van der Waals surface area contributed by atoms with Gasteiger partial charge in [0.2, 0.25) is 0 Å². The summed E-state index contributed by atoms with van der Waals surface area (Å²) in [6.45, 7) is 11.3. The fourth-order valence-electron chi connectivity index (χ4n) is 7.00. The molecular weight excluding hydrogens is 574 g/mol. The molecule has 3 heterocycles. The van der Waals surface area contributed by atoms with E-state index in [4.69, 9.17) is 14.4 Å². The number of hydrogen-bond acceptors (Lipinski definition) is 3. The zero-order valence-corrected chi connectivity index (χ0v) is 27.5. The Morgan fingerprint density at radius 1 is 0.638 bits per heavy atom. The highest BCUT2D eigenvalue weighted by molar-refractivity contribution is 6.09. The summed E-state index contributed by atoms with van der Waals surface area (Å²) in [7, 11) is 0. The van der Waals surface area contributed by atoms with E-state index < -0.39 is 0 Å². The molecule has 0 saturated heterocycles. The van der Waals surface area contributed by atoms with Crippen LogP contribution in [0.3, 0.4) is 0 Å². The molecule has 0 unspecified atom stereocenters. The lowest BCUT2D eigenvalue weighted by Crippen LogP contribution is -2.09. The highest BCUT2D eigenvalue weighted by Gasteiger charge is 2.26. The molecule has 0 aliphatic heterocycles. The maximum atomic E-state index is 6.78. The van der Waals surface area contributed by atoms with Crippen molar-refractivity contribution in [2.45, 2.75) is 46.5 Å². The van der Waals surface area contributed by atoms with E-state index in [1.165, 1.54) is 27.9 Å². The predicted octanol–water partition coefficient (Wildman–Crippen LogP) is 11.9. The first-order chi connectivity index (χ1) is 22.9.